The van der Waals surface area contributed by atoms with Crippen molar-refractivity contribution in [1.82, 2.24) is 0 Å². The number of hydrogen-bond donors (Lipinski definition) is 0. The molecule has 0 aliphatic heterocycles. The summed E-state index contributed by atoms with van der Waals surface area (Å²) in [6.07, 6.45) is 19.7. The number of rotatable bonds is 3. The third kappa shape index (κ3) is 3.96. The zero-order valence-corrected chi connectivity index (χ0v) is 11.0. The average molecular weight is 220 g/mol. The molecule has 0 amide bonds. The zero-order valence-electron chi connectivity index (χ0n) is 11.0. The van der Waals surface area contributed by atoms with Crippen molar-refractivity contribution < 1.29 is 0 Å². The SMILES string of the molecule is CC1CCCC(C=CCC2CCCCC2)C1. The Balaban J connectivity index is 1.67. The van der Waals surface area contributed by atoms with Crippen LogP contribution in [-0.4, -0.2) is 0 Å². The second kappa shape index (κ2) is 6.47. The van der Waals surface area contributed by atoms with Crippen molar-refractivity contribution in [2.75, 3.05) is 0 Å². The van der Waals surface area contributed by atoms with Gasteiger partial charge in [-0.25, -0.2) is 0 Å². The summed E-state index contributed by atoms with van der Waals surface area (Å²) < 4.78 is 0. The van der Waals surface area contributed by atoms with Crippen LogP contribution in [0.3, 0.4) is 0 Å². The maximum atomic E-state index is 2.55. The first kappa shape index (κ1) is 12.2. The second-order valence-corrected chi connectivity index (χ2v) is 6.20. The van der Waals surface area contributed by atoms with Crippen molar-refractivity contribution in [1.29, 1.82) is 0 Å². The molecule has 0 bridgehead atoms. The first-order valence-corrected chi connectivity index (χ1v) is 7.51. The highest BCUT2D eigenvalue weighted by atomic mass is 14.2. The van der Waals surface area contributed by atoms with Gasteiger partial charge in [-0.05, 0) is 37.0 Å². The average Bonchev–Trinajstić information content (AvgIpc) is 2.30. The highest BCUT2D eigenvalue weighted by molar-refractivity contribution is 4.92. The molecule has 2 fully saturated rings. The van der Waals surface area contributed by atoms with Gasteiger partial charge in [0.25, 0.3) is 0 Å². The van der Waals surface area contributed by atoms with Crippen LogP contribution in [0.25, 0.3) is 0 Å². The van der Waals surface area contributed by atoms with Crippen LogP contribution in [0.1, 0.15) is 71.1 Å². The Morgan fingerprint density at radius 1 is 0.938 bits per heavy atom. The molecule has 0 aromatic rings. The maximum Gasteiger partial charge on any atom is -0.0231 e. The molecule has 16 heavy (non-hydrogen) atoms. The van der Waals surface area contributed by atoms with E-state index in [0.29, 0.717) is 0 Å². The molecule has 92 valence electrons. The Hall–Kier alpha value is -0.260. The molecular formula is C16H28. The van der Waals surface area contributed by atoms with Crippen LogP contribution in [0.15, 0.2) is 12.2 Å². The molecule has 0 heterocycles. The molecule has 0 aromatic carbocycles. The third-order valence-electron chi connectivity index (χ3n) is 4.58. The molecule has 0 aromatic heterocycles. The van der Waals surface area contributed by atoms with E-state index in [1.54, 1.807) is 0 Å². The van der Waals surface area contributed by atoms with Crippen LogP contribution in [0.5, 0.6) is 0 Å². The molecule has 0 saturated heterocycles. The van der Waals surface area contributed by atoms with Gasteiger partial charge in [0, 0.05) is 0 Å². The van der Waals surface area contributed by atoms with Gasteiger partial charge in [-0.15, -0.1) is 0 Å². The zero-order chi connectivity index (χ0) is 11.2. The predicted molar refractivity (Wildman–Crippen MR) is 71.5 cm³/mol. The first-order valence-electron chi connectivity index (χ1n) is 7.51. The topological polar surface area (TPSA) is 0 Å². The van der Waals surface area contributed by atoms with Crippen LogP contribution < -0.4 is 0 Å². The van der Waals surface area contributed by atoms with E-state index in [1.165, 1.54) is 64.2 Å². The van der Waals surface area contributed by atoms with Gasteiger partial charge >= 0.3 is 0 Å². The standard InChI is InChI=1S/C16H28/c1-14-7-5-11-16(13-14)12-6-10-15-8-3-2-4-9-15/h6,12,14-16H,2-5,7-11,13H2,1H3. The van der Waals surface area contributed by atoms with Crippen LogP contribution in [0.2, 0.25) is 0 Å². The summed E-state index contributed by atoms with van der Waals surface area (Å²) >= 11 is 0. The summed E-state index contributed by atoms with van der Waals surface area (Å²) in [6.45, 7) is 2.42. The van der Waals surface area contributed by atoms with Crippen molar-refractivity contribution in [2.24, 2.45) is 17.8 Å². The highest BCUT2D eigenvalue weighted by Gasteiger charge is 2.16. The summed E-state index contributed by atoms with van der Waals surface area (Å²) in [5.74, 6) is 2.90. The van der Waals surface area contributed by atoms with E-state index < -0.39 is 0 Å². The Morgan fingerprint density at radius 2 is 1.75 bits per heavy atom. The monoisotopic (exact) mass is 220 g/mol. The predicted octanol–water partition coefficient (Wildman–Crippen LogP) is 5.34. The molecule has 2 atom stereocenters. The summed E-state index contributed by atoms with van der Waals surface area (Å²) in [7, 11) is 0. The Labute approximate surface area is 102 Å². The second-order valence-electron chi connectivity index (χ2n) is 6.20. The lowest BCUT2D eigenvalue weighted by Gasteiger charge is -2.24. The third-order valence-corrected chi connectivity index (χ3v) is 4.58. The molecule has 0 spiro atoms. The fourth-order valence-corrected chi connectivity index (χ4v) is 3.54. The van der Waals surface area contributed by atoms with Gasteiger partial charge in [0.15, 0.2) is 0 Å². The van der Waals surface area contributed by atoms with Gasteiger partial charge in [-0.3, -0.25) is 0 Å². The van der Waals surface area contributed by atoms with Crippen molar-refractivity contribution in [3.63, 3.8) is 0 Å². The lowest BCUT2D eigenvalue weighted by atomic mass is 9.81. The van der Waals surface area contributed by atoms with Crippen molar-refractivity contribution in [3.05, 3.63) is 12.2 Å². The lowest BCUT2D eigenvalue weighted by Crippen LogP contribution is -2.11. The molecule has 0 radical (unpaired) electrons. The van der Waals surface area contributed by atoms with E-state index in [9.17, 15) is 0 Å². The smallest absolute Gasteiger partial charge is 0.0231 e. The summed E-state index contributed by atoms with van der Waals surface area (Å²) in [4.78, 5) is 0. The normalized spacial score (nSPS) is 33.3. The summed E-state index contributed by atoms with van der Waals surface area (Å²) in [5.41, 5.74) is 0. The van der Waals surface area contributed by atoms with Gasteiger partial charge < -0.3 is 0 Å². The Bertz CT molecular complexity index is 210. The van der Waals surface area contributed by atoms with Gasteiger partial charge in [0.2, 0.25) is 0 Å². The minimum Gasteiger partial charge on any atom is -0.0880 e. The maximum absolute atomic E-state index is 2.55. The fourth-order valence-electron chi connectivity index (χ4n) is 3.54. The van der Waals surface area contributed by atoms with Crippen molar-refractivity contribution >= 4 is 0 Å². The summed E-state index contributed by atoms with van der Waals surface area (Å²) in [5, 5.41) is 0. The number of allylic oxidation sites excluding steroid dienone is 2. The Morgan fingerprint density at radius 3 is 2.50 bits per heavy atom. The Kier molecular flexibility index (Phi) is 4.93. The largest absolute Gasteiger partial charge is 0.0880 e. The van der Waals surface area contributed by atoms with Crippen LogP contribution in [-0.2, 0) is 0 Å². The van der Waals surface area contributed by atoms with E-state index >= 15 is 0 Å². The lowest BCUT2D eigenvalue weighted by molar-refractivity contribution is 0.323. The van der Waals surface area contributed by atoms with Crippen molar-refractivity contribution in [2.45, 2.75) is 71.1 Å². The van der Waals surface area contributed by atoms with Crippen molar-refractivity contribution in [3.8, 4) is 0 Å². The van der Waals surface area contributed by atoms with E-state index in [0.717, 1.165) is 17.8 Å². The first-order chi connectivity index (χ1) is 7.84. The summed E-state index contributed by atoms with van der Waals surface area (Å²) in [6, 6.07) is 0. The van der Waals surface area contributed by atoms with Crippen LogP contribution in [0, 0.1) is 17.8 Å². The quantitative estimate of drug-likeness (QED) is 0.563. The van der Waals surface area contributed by atoms with E-state index in [1.807, 2.05) is 0 Å². The highest BCUT2D eigenvalue weighted by Crippen LogP contribution is 2.30. The molecular weight excluding hydrogens is 192 g/mol. The molecule has 2 unspecified atom stereocenters. The molecule has 2 aliphatic rings. The molecule has 2 aliphatic carbocycles. The van der Waals surface area contributed by atoms with Gasteiger partial charge in [0.1, 0.15) is 0 Å². The molecule has 2 rings (SSSR count). The number of hydrogen-bond acceptors (Lipinski definition) is 0. The fraction of sp³-hybridized carbons (Fsp3) is 0.875. The van der Waals surface area contributed by atoms with Crippen LogP contribution in [0.4, 0.5) is 0 Å². The van der Waals surface area contributed by atoms with E-state index in [4.69, 9.17) is 0 Å². The molecule has 0 heteroatoms. The van der Waals surface area contributed by atoms with Gasteiger partial charge in [0.05, 0.1) is 0 Å². The molecule has 2 saturated carbocycles. The minimum atomic E-state index is 0.910. The van der Waals surface area contributed by atoms with E-state index in [-0.39, 0.29) is 0 Å². The van der Waals surface area contributed by atoms with Gasteiger partial charge in [-0.2, -0.15) is 0 Å². The molecule has 0 N–H and O–H groups in total. The van der Waals surface area contributed by atoms with Gasteiger partial charge in [-0.1, -0.05) is 64.0 Å². The minimum absolute atomic E-state index is 0.910. The van der Waals surface area contributed by atoms with Crippen LogP contribution >= 0.6 is 0 Å². The molecule has 0 nitrogen and oxygen atoms in total. The van der Waals surface area contributed by atoms with E-state index in [2.05, 4.69) is 19.1 Å².